The summed E-state index contributed by atoms with van der Waals surface area (Å²) < 4.78 is 10.1. The Morgan fingerprint density at radius 1 is 1.14 bits per heavy atom. The first kappa shape index (κ1) is 10.4. The van der Waals surface area contributed by atoms with Crippen LogP contribution in [0.4, 0.5) is 0 Å². The van der Waals surface area contributed by atoms with E-state index in [9.17, 15) is 0 Å². The van der Waals surface area contributed by atoms with Crippen molar-refractivity contribution in [2.75, 3.05) is 20.8 Å². The van der Waals surface area contributed by atoms with Gasteiger partial charge in [0.1, 0.15) is 18.1 Å². The summed E-state index contributed by atoms with van der Waals surface area (Å²) in [5, 5.41) is 8.54. The van der Waals surface area contributed by atoms with E-state index in [2.05, 4.69) is 11.8 Å². The van der Waals surface area contributed by atoms with Crippen LogP contribution in [0.2, 0.25) is 0 Å². The van der Waals surface area contributed by atoms with Crippen molar-refractivity contribution in [1.29, 1.82) is 0 Å². The second-order valence-corrected chi connectivity index (χ2v) is 2.56. The molecule has 0 amide bonds. The lowest BCUT2D eigenvalue weighted by Crippen LogP contribution is -1.88. The zero-order valence-electron chi connectivity index (χ0n) is 8.20. The van der Waals surface area contributed by atoms with Gasteiger partial charge in [0, 0.05) is 11.6 Å². The molecule has 0 aliphatic rings. The Labute approximate surface area is 83.3 Å². The minimum Gasteiger partial charge on any atom is -0.497 e. The number of benzene rings is 1. The average molecular weight is 192 g/mol. The molecule has 0 unspecified atom stereocenters. The molecular formula is C11H12O3. The SMILES string of the molecule is COc1cc(C#CCO)cc(OC)c1. The molecule has 3 heteroatoms. The van der Waals surface area contributed by atoms with Gasteiger partial charge < -0.3 is 14.6 Å². The molecule has 0 heterocycles. The van der Waals surface area contributed by atoms with E-state index in [0.29, 0.717) is 11.5 Å². The third-order valence-corrected chi connectivity index (χ3v) is 1.66. The first-order chi connectivity index (χ1) is 6.80. The number of aliphatic hydroxyl groups excluding tert-OH is 1. The Morgan fingerprint density at radius 3 is 2.14 bits per heavy atom. The van der Waals surface area contributed by atoms with Crippen molar-refractivity contribution < 1.29 is 14.6 Å². The fraction of sp³-hybridized carbons (Fsp3) is 0.273. The van der Waals surface area contributed by atoms with Crippen molar-refractivity contribution in [3.05, 3.63) is 23.8 Å². The molecule has 1 rings (SSSR count). The van der Waals surface area contributed by atoms with Gasteiger partial charge in [-0.25, -0.2) is 0 Å². The van der Waals surface area contributed by atoms with Crippen LogP contribution in [0.3, 0.4) is 0 Å². The number of hydrogen-bond acceptors (Lipinski definition) is 3. The maximum Gasteiger partial charge on any atom is 0.123 e. The predicted molar refractivity (Wildman–Crippen MR) is 53.5 cm³/mol. The van der Waals surface area contributed by atoms with E-state index >= 15 is 0 Å². The summed E-state index contributed by atoms with van der Waals surface area (Å²) in [5.74, 6) is 6.72. The summed E-state index contributed by atoms with van der Waals surface area (Å²) in [5.41, 5.74) is 0.759. The van der Waals surface area contributed by atoms with Crippen molar-refractivity contribution in [3.8, 4) is 23.3 Å². The van der Waals surface area contributed by atoms with Crippen molar-refractivity contribution in [2.45, 2.75) is 0 Å². The van der Waals surface area contributed by atoms with E-state index in [1.807, 2.05) is 0 Å². The molecule has 1 N–H and O–H groups in total. The number of rotatable bonds is 2. The highest BCUT2D eigenvalue weighted by Gasteiger charge is 1.98. The Balaban J connectivity index is 3.04. The molecule has 0 fully saturated rings. The summed E-state index contributed by atoms with van der Waals surface area (Å²) in [4.78, 5) is 0. The van der Waals surface area contributed by atoms with Crippen LogP contribution in [0, 0.1) is 11.8 Å². The van der Waals surface area contributed by atoms with Crippen molar-refractivity contribution >= 4 is 0 Å². The van der Waals surface area contributed by atoms with E-state index < -0.39 is 0 Å². The molecule has 0 bridgehead atoms. The highest BCUT2D eigenvalue weighted by molar-refractivity contribution is 5.46. The molecule has 1 aromatic carbocycles. The Bertz CT molecular complexity index is 338. The van der Waals surface area contributed by atoms with E-state index in [-0.39, 0.29) is 6.61 Å². The predicted octanol–water partition coefficient (Wildman–Crippen LogP) is 1.05. The van der Waals surface area contributed by atoms with Gasteiger partial charge in [0.25, 0.3) is 0 Å². The highest BCUT2D eigenvalue weighted by Crippen LogP contribution is 2.21. The van der Waals surface area contributed by atoms with E-state index in [1.165, 1.54) is 0 Å². The molecule has 14 heavy (non-hydrogen) atoms. The van der Waals surface area contributed by atoms with E-state index in [1.54, 1.807) is 32.4 Å². The minimum absolute atomic E-state index is 0.153. The summed E-state index contributed by atoms with van der Waals surface area (Å²) in [6.07, 6.45) is 0. The number of hydrogen-bond donors (Lipinski definition) is 1. The zero-order valence-corrected chi connectivity index (χ0v) is 8.20. The number of ether oxygens (including phenoxy) is 2. The van der Waals surface area contributed by atoms with Gasteiger partial charge in [-0.1, -0.05) is 11.8 Å². The third kappa shape index (κ3) is 2.68. The normalized spacial score (nSPS) is 8.79. The second kappa shape index (κ2) is 5.15. The first-order valence-corrected chi connectivity index (χ1v) is 4.13. The molecule has 0 aliphatic carbocycles. The summed E-state index contributed by atoms with van der Waals surface area (Å²) >= 11 is 0. The van der Waals surface area contributed by atoms with E-state index in [0.717, 1.165) is 5.56 Å². The maximum atomic E-state index is 8.54. The fourth-order valence-electron chi connectivity index (χ4n) is 1.02. The summed E-state index contributed by atoms with van der Waals surface area (Å²) in [6.45, 7) is -0.153. The lowest BCUT2D eigenvalue weighted by molar-refractivity contribution is 0.350. The van der Waals surface area contributed by atoms with Gasteiger partial charge in [-0.3, -0.25) is 0 Å². The lowest BCUT2D eigenvalue weighted by atomic mass is 10.2. The number of methoxy groups -OCH3 is 2. The zero-order chi connectivity index (χ0) is 10.4. The molecule has 0 saturated heterocycles. The molecule has 0 aromatic heterocycles. The molecule has 0 spiro atoms. The minimum atomic E-state index is -0.153. The van der Waals surface area contributed by atoms with Crippen molar-refractivity contribution in [2.24, 2.45) is 0 Å². The van der Waals surface area contributed by atoms with Crippen LogP contribution in [-0.2, 0) is 0 Å². The van der Waals surface area contributed by atoms with Gasteiger partial charge in [0.05, 0.1) is 14.2 Å². The van der Waals surface area contributed by atoms with Crippen LogP contribution in [0.5, 0.6) is 11.5 Å². The molecule has 0 radical (unpaired) electrons. The molecule has 1 aromatic rings. The average Bonchev–Trinajstić information content (AvgIpc) is 2.25. The molecule has 74 valence electrons. The monoisotopic (exact) mass is 192 g/mol. The Hall–Kier alpha value is -1.66. The van der Waals surface area contributed by atoms with Gasteiger partial charge in [0.2, 0.25) is 0 Å². The molecule has 3 nitrogen and oxygen atoms in total. The second-order valence-electron chi connectivity index (χ2n) is 2.56. The number of aliphatic hydroxyl groups is 1. The Kier molecular flexibility index (Phi) is 3.84. The van der Waals surface area contributed by atoms with Gasteiger partial charge in [-0.05, 0) is 12.1 Å². The van der Waals surface area contributed by atoms with Crippen molar-refractivity contribution in [3.63, 3.8) is 0 Å². The van der Waals surface area contributed by atoms with Gasteiger partial charge in [-0.15, -0.1) is 0 Å². The van der Waals surface area contributed by atoms with Crippen LogP contribution in [0.1, 0.15) is 5.56 Å². The highest BCUT2D eigenvalue weighted by atomic mass is 16.5. The third-order valence-electron chi connectivity index (χ3n) is 1.66. The molecule has 0 saturated carbocycles. The van der Waals surface area contributed by atoms with Crippen LogP contribution in [-0.4, -0.2) is 25.9 Å². The van der Waals surface area contributed by atoms with Gasteiger partial charge in [-0.2, -0.15) is 0 Å². The van der Waals surface area contributed by atoms with Gasteiger partial charge in [0.15, 0.2) is 0 Å². The first-order valence-electron chi connectivity index (χ1n) is 4.13. The smallest absolute Gasteiger partial charge is 0.123 e. The topological polar surface area (TPSA) is 38.7 Å². The Morgan fingerprint density at radius 2 is 1.71 bits per heavy atom. The van der Waals surface area contributed by atoms with Crippen LogP contribution >= 0.6 is 0 Å². The quantitative estimate of drug-likeness (QED) is 0.712. The molecular weight excluding hydrogens is 180 g/mol. The van der Waals surface area contributed by atoms with E-state index in [4.69, 9.17) is 14.6 Å². The standard InChI is InChI=1S/C11H12O3/c1-13-10-6-9(4-3-5-12)7-11(8-10)14-2/h6-8,12H,5H2,1-2H3. The van der Waals surface area contributed by atoms with Gasteiger partial charge >= 0.3 is 0 Å². The van der Waals surface area contributed by atoms with Crippen LogP contribution < -0.4 is 9.47 Å². The molecule has 0 aliphatic heterocycles. The van der Waals surface area contributed by atoms with Crippen LogP contribution in [0.15, 0.2) is 18.2 Å². The summed E-state index contributed by atoms with van der Waals surface area (Å²) in [6, 6.07) is 5.33. The summed E-state index contributed by atoms with van der Waals surface area (Å²) in [7, 11) is 3.16. The van der Waals surface area contributed by atoms with Crippen molar-refractivity contribution in [1.82, 2.24) is 0 Å². The van der Waals surface area contributed by atoms with Crippen LogP contribution in [0.25, 0.3) is 0 Å². The molecule has 0 atom stereocenters. The fourth-order valence-corrected chi connectivity index (χ4v) is 1.02. The largest absolute Gasteiger partial charge is 0.497 e. The maximum absolute atomic E-state index is 8.54. The lowest BCUT2D eigenvalue weighted by Gasteiger charge is -2.04.